The van der Waals surface area contributed by atoms with Crippen LogP contribution in [0, 0.1) is 0 Å². The van der Waals surface area contributed by atoms with Gasteiger partial charge in [-0.1, -0.05) is 18.2 Å². The van der Waals surface area contributed by atoms with E-state index in [1.165, 1.54) is 0 Å². The molecule has 1 aliphatic heterocycles. The lowest BCUT2D eigenvalue weighted by molar-refractivity contribution is 0.171. The number of nitrogens with one attached hydrogen (secondary N) is 1. The summed E-state index contributed by atoms with van der Waals surface area (Å²) in [4.78, 5) is 0. The van der Waals surface area contributed by atoms with Crippen LogP contribution in [0.3, 0.4) is 0 Å². The molecular weight excluding hydrogens is 240 g/mol. The summed E-state index contributed by atoms with van der Waals surface area (Å²) >= 11 is 0. The third-order valence-corrected chi connectivity index (χ3v) is 3.08. The van der Waals surface area contributed by atoms with Crippen LogP contribution >= 0.6 is 0 Å². The van der Waals surface area contributed by atoms with Gasteiger partial charge in [-0.2, -0.15) is 0 Å². The monoisotopic (exact) mass is 256 g/mol. The van der Waals surface area contributed by atoms with E-state index in [2.05, 4.69) is 5.32 Å². The Morgan fingerprint density at radius 3 is 2.63 bits per heavy atom. The van der Waals surface area contributed by atoms with Crippen molar-refractivity contribution in [2.24, 2.45) is 0 Å². The zero-order valence-electron chi connectivity index (χ0n) is 10.6. The largest absolute Gasteiger partial charge is 0.486 e. The molecule has 0 atom stereocenters. The van der Waals surface area contributed by atoms with Crippen LogP contribution in [-0.2, 0) is 6.54 Å². The molecule has 0 amide bonds. The van der Waals surface area contributed by atoms with Gasteiger partial charge in [0.1, 0.15) is 13.2 Å². The average molecular weight is 256 g/mol. The van der Waals surface area contributed by atoms with Gasteiger partial charge >= 0.3 is 0 Å². The van der Waals surface area contributed by atoms with Crippen LogP contribution in [0.2, 0.25) is 0 Å². The number of nitrogen functional groups attached to an aromatic ring is 1. The summed E-state index contributed by atoms with van der Waals surface area (Å²) in [6.45, 7) is 1.90. The fourth-order valence-corrected chi connectivity index (χ4v) is 2.05. The normalized spacial score (nSPS) is 13.1. The smallest absolute Gasteiger partial charge is 0.163 e. The Morgan fingerprint density at radius 2 is 1.79 bits per heavy atom. The molecule has 0 saturated carbocycles. The third kappa shape index (κ3) is 2.57. The number of nitrogens with two attached hydrogens (primary N) is 1. The Bertz CT molecular complexity index is 584. The number of fused-ring (bicyclic) bond motifs is 1. The number of hydrogen-bond acceptors (Lipinski definition) is 4. The first kappa shape index (κ1) is 11.7. The summed E-state index contributed by atoms with van der Waals surface area (Å²) in [6, 6.07) is 13.7. The van der Waals surface area contributed by atoms with Crippen molar-refractivity contribution in [2.45, 2.75) is 6.54 Å². The number of ether oxygens (including phenoxy) is 2. The van der Waals surface area contributed by atoms with Crippen molar-refractivity contribution < 1.29 is 9.47 Å². The molecule has 2 aromatic carbocycles. The summed E-state index contributed by atoms with van der Waals surface area (Å²) in [7, 11) is 0. The van der Waals surface area contributed by atoms with E-state index in [1.807, 2.05) is 42.5 Å². The van der Waals surface area contributed by atoms with Crippen LogP contribution < -0.4 is 20.5 Å². The Kier molecular flexibility index (Phi) is 3.14. The molecule has 3 rings (SSSR count). The second-order valence-electron chi connectivity index (χ2n) is 4.41. The van der Waals surface area contributed by atoms with Crippen LogP contribution in [0.4, 0.5) is 11.4 Å². The van der Waals surface area contributed by atoms with Crippen molar-refractivity contribution in [1.29, 1.82) is 0 Å². The quantitative estimate of drug-likeness (QED) is 0.829. The Morgan fingerprint density at radius 1 is 1.00 bits per heavy atom. The van der Waals surface area contributed by atoms with Crippen molar-refractivity contribution >= 4 is 11.4 Å². The lowest BCUT2D eigenvalue weighted by atomic mass is 10.2. The number of anilines is 2. The van der Waals surface area contributed by atoms with E-state index in [9.17, 15) is 0 Å². The van der Waals surface area contributed by atoms with Gasteiger partial charge in [-0.3, -0.25) is 0 Å². The van der Waals surface area contributed by atoms with Gasteiger partial charge in [0.05, 0.1) is 0 Å². The average Bonchev–Trinajstić information content (AvgIpc) is 2.46. The predicted molar refractivity (Wildman–Crippen MR) is 75.6 cm³/mol. The molecule has 0 fully saturated rings. The van der Waals surface area contributed by atoms with E-state index in [-0.39, 0.29) is 0 Å². The number of rotatable bonds is 3. The van der Waals surface area contributed by atoms with E-state index in [4.69, 9.17) is 15.2 Å². The maximum Gasteiger partial charge on any atom is 0.163 e. The fraction of sp³-hybridized carbons (Fsp3) is 0.200. The topological polar surface area (TPSA) is 56.5 Å². The van der Waals surface area contributed by atoms with Crippen LogP contribution in [0.15, 0.2) is 42.5 Å². The Labute approximate surface area is 112 Å². The minimum Gasteiger partial charge on any atom is -0.486 e. The molecule has 1 aliphatic rings. The van der Waals surface area contributed by atoms with Gasteiger partial charge in [-0.05, 0) is 23.8 Å². The van der Waals surface area contributed by atoms with Crippen molar-refractivity contribution in [3.8, 4) is 11.5 Å². The summed E-state index contributed by atoms with van der Waals surface area (Å²) in [6.07, 6.45) is 0. The van der Waals surface area contributed by atoms with Crippen LogP contribution in [0.1, 0.15) is 5.56 Å². The molecule has 4 nitrogen and oxygen atoms in total. The van der Waals surface area contributed by atoms with Gasteiger partial charge in [0, 0.05) is 24.0 Å². The van der Waals surface area contributed by atoms with E-state index < -0.39 is 0 Å². The molecule has 0 spiro atoms. The van der Waals surface area contributed by atoms with Crippen molar-refractivity contribution in [3.63, 3.8) is 0 Å². The highest BCUT2D eigenvalue weighted by atomic mass is 16.6. The van der Waals surface area contributed by atoms with Gasteiger partial charge in [-0.25, -0.2) is 0 Å². The highest BCUT2D eigenvalue weighted by Crippen LogP contribution is 2.32. The lowest BCUT2D eigenvalue weighted by Crippen LogP contribution is -2.15. The van der Waals surface area contributed by atoms with Crippen LogP contribution in [-0.4, -0.2) is 13.2 Å². The molecular formula is C15H16N2O2. The number of benzene rings is 2. The maximum atomic E-state index is 5.91. The van der Waals surface area contributed by atoms with Gasteiger partial charge in [0.15, 0.2) is 11.5 Å². The molecule has 0 radical (unpaired) electrons. The summed E-state index contributed by atoms with van der Waals surface area (Å²) in [5.41, 5.74) is 8.78. The van der Waals surface area contributed by atoms with Gasteiger partial charge < -0.3 is 20.5 Å². The summed E-state index contributed by atoms with van der Waals surface area (Å²) in [5.74, 6) is 1.59. The van der Waals surface area contributed by atoms with Gasteiger partial charge in [0.25, 0.3) is 0 Å². The zero-order valence-corrected chi connectivity index (χ0v) is 10.6. The Hall–Kier alpha value is -2.36. The second kappa shape index (κ2) is 5.10. The van der Waals surface area contributed by atoms with Crippen molar-refractivity contribution in [3.05, 3.63) is 48.0 Å². The van der Waals surface area contributed by atoms with E-state index in [0.29, 0.717) is 19.8 Å². The minimum absolute atomic E-state index is 0.599. The SMILES string of the molecule is Nc1ccccc1CNc1ccc2c(c1)OCCO2. The molecule has 0 unspecified atom stereocenters. The molecule has 0 saturated heterocycles. The van der Waals surface area contributed by atoms with Gasteiger partial charge in [-0.15, -0.1) is 0 Å². The first-order chi connectivity index (χ1) is 9.33. The van der Waals surface area contributed by atoms with Crippen LogP contribution in [0.5, 0.6) is 11.5 Å². The molecule has 1 heterocycles. The molecule has 4 heteroatoms. The van der Waals surface area contributed by atoms with E-state index in [1.54, 1.807) is 0 Å². The third-order valence-electron chi connectivity index (χ3n) is 3.08. The first-order valence-electron chi connectivity index (χ1n) is 6.30. The molecule has 19 heavy (non-hydrogen) atoms. The predicted octanol–water partition coefficient (Wildman–Crippen LogP) is 2.65. The lowest BCUT2D eigenvalue weighted by Gasteiger charge is -2.19. The Balaban J connectivity index is 1.72. The maximum absolute atomic E-state index is 5.91. The van der Waals surface area contributed by atoms with E-state index >= 15 is 0 Å². The number of hydrogen-bond donors (Lipinski definition) is 2. The van der Waals surface area contributed by atoms with Crippen molar-refractivity contribution in [1.82, 2.24) is 0 Å². The minimum atomic E-state index is 0.599. The summed E-state index contributed by atoms with van der Waals surface area (Å²) in [5, 5.41) is 3.34. The second-order valence-corrected chi connectivity index (χ2v) is 4.41. The molecule has 98 valence electrons. The van der Waals surface area contributed by atoms with E-state index in [0.717, 1.165) is 28.4 Å². The standard InChI is InChI=1S/C15H16N2O2/c16-13-4-2-1-3-11(13)10-17-12-5-6-14-15(9-12)19-8-7-18-14/h1-6,9,17H,7-8,10,16H2. The zero-order chi connectivity index (χ0) is 13.1. The van der Waals surface area contributed by atoms with Gasteiger partial charge in [0.2, 0.25) is 0 Å². The molecule has 0 bridgehead atoms. The van der Waals surface area contributed by atoms with Crippen molar-refractivity contribution in [2.75, 3.05) is 24.3 Å². The highest BCUT2D eigenvalue weighted by Gasteiger charge is 2.11. The molecule has 0 aromatic heterocycles. The molecule has 2 aromatic rings. The number of para-hydroxylation sites is 1. The molecule has 3 N–H and O–H groups in total. The summed E-state index contributed by atoms with van der Waals surface area (Å²) < 4.78 is 11.0. The van der Waals surface area contributed by atoms with Crippen LogP contribution in [0.25, 0.3) is 0 Å². The first-order valence-corrected chi connectivity index (χ1v) is 6.30. The highest BCUT2D eigenvalue weighted by molar-refractivity contribution is 5.56. The fourth-order valence-electron chi connectivity index (χ4n) is 2.05. The molecule has 0 aliphatic carbocycles.